The number of imide groups is 1. The third-order valence-corrected chi connectivity index (χ3v) is 2.90. The molecule has 4 heteroatoms. The topological polar surface area (TPSA) is 54.5 Å². The highest BCUT2D eigenvalue weighted by Crippen LogP contribution is 2.25. The number of carbonyl (C=O) groups is 3. The summed E-state index contributed by atoms with van der Waals surface area (Å²) in [6.07, 6.45) is 1.93. The summed E-state index contributed by atoms with van der Waals surface area (Å²) in [4.78, 5) is 36.1. The van der Waals surface area contributed by atoms with E-state index in [-0.39, 0.29) is 11.8 Å². The number of fused-ring (bicyclic) bond motifs is 1. The molecule has 0 unspecified atom stereocenters. The van der Waals surface area contributed by atoms with Crippen LogP contribution in [-0.4, -0.2) is 29.0 Å². The maximum absolute atomic E-state index is 12.0. The van der Waals surface area contributed by atoms with Crippen LogP contribution in [0, 0.1) is 0 Å². The Balaban J connectivity index is 2.38. The van der Waals surface area contributed by atoms with Gasteiger partial charge >= 0.3 is 0 Å². The Morgan fingerprint density at radius 2 is 1.71 bits per heavy atom. The molecule has 0 spiro atoms. The lowest BCUT2D eigenvalue weighted by Gasteiger charge is -2.20. The minimum absolute atomic E-state index is 0.365. The number of aldehydes is 1. The molecular weight excluding hydrogens is 218 g/mol. The van der Waals surface area contributed by atoms with Gasteiger partial charge in [0.25, 0.3) is 11.8 Å². The third kappa shape index (κ3) is 1.75. The van der Waals surface area contributed by atoms with Crippen LogP contribution < -0.4 is 0 Å². The first-order chi connectivity index (χ1) is 8.20. The normalized spacial score (nSPS) is 15.9. The number of nitrogens with zero attached hydrogens (tertiary/aromatic N) is 1. The molecule has 0 fully saturated rings. The molecule has 0 N–H and O–H groups in total. The number of hydrogen-bond donors (Lipinski definition) is 0. The second-order valence-corrected chi connectivity index (χ2v) is 4.02. The second kappa shape index (κ2) is 4.49. The van der Waals surface area contributed by atoms with Gasteiger partial charge in [0.2, 0.25) is 0 Å². The van der Waals surface area contributed by atoms with Crippen LogP contribution in [0.25, 0.3) is 0 Å². The molecule has 0 radical (unpaired) electrons. The molecule has 1 aromatic rings. The Bertz CT molecular complexity index is 446. The zero-order chi connectivity index (χ0) is 12.4. The van der Waals surface area contributed by atoms with E-state index in [4.69, 9.17) is 0 Å². The van der Waals surface area contributed by atoms with Gasteiger partial charge in [-0.05, 0) is 18.6 Å². The standard InChI is InChI=1S/C13H13NO3/c1-2-5-9(8-15)14-12(16)10-6-3-4-7-11(10)13(14)17/h3-4,6-9H,2,5H2,1H3/t9-/m0/s1. The summed E-state index contributed by atoms with van der Waals surface area (Å²) in [5.41, 5.74) is 0.779. The summed E-state index contributed by atoms with van der Waals surface area (Å²) >= 11 is 0. The predicted octanol–water partition coefficient (Wildman–Crippen LogP) is 1.65. The molecule has 88 valence electrons. The molecule has 1 aliphatic heterocycles. The molecule has 4 nitrogen and oxygen atoms in total. The zero-order valence-electron chi connectivity index (χ0n) is 9.55. The summed E-state index contributed by atoms with van der Waals surface area (Å²) in [5.74, 6) is -0.729. The lowest BCUT2D eigenvalue weighted by Crippen LogP contribution is -2.40. The average molecular weight is 231 g/mol. The maximum atomic E-state index is 12.0. The average Bonchev–Trinajstić information content (AvgIpc) is 2.61. The fraction of sp³-hybridized carbons (Fsp3) is 0.308. The third-order valence-electron chi connectivity index (χ3n) is 2.90. The molecular formula is C13H13NO3. The van der Waals surface area contributed by atoms with Crippen LogP contribution in [0.1, 0.15) is 40.5 Å². The number of benzene rings is 1. The van der Waals surface area contributed by atoms with Crippen molar-refractivity contribution in [3.05, 3.63) is 35.4 Å². The van der Waals surface area contributed by atoms with Crippen molar-refractivity contribution in [3.63, 3.8) is 0 Å². The second-order valence-electron chi connectivity index (χ2n) is 4.02. The van der Waals surface area contributed by atoms with Crippen LogP contribution in [0.15, 0.2) is 24.3 Å². The molecule has 0 aliphatic carbocycles. The molecule has 0 saturated carbocycles. The highest BCUT2D eigenvalue weighted by Gasteiger charge is 2.39. The Labute approximate surface area is 99.2 Å². The Morgan fingerprint density at radius 3 is 2.12 bits per heavy atom. The number of amides is 2. The van der Waals surface area contributed by atoms with E-state index in [0.29, 0.717) is 23.8 Å². The first-order valence-corrected chi connectivity index (χ1v) is 5.63. The van der Waals surface area contributed by atoms with Gasteiger partial charge in [-0.15, -0.1) is 0 Å². The Kier molecular flexibility index (Phi) is 3.04. The van der Waals surface area contributed by atoms with E-state index in [1.165, 1.54) is 0 Å². The van der Waals surface area contributed by atoms with E-state index in [2.05, 4.69) is 0 Å². The molecule has 0 saturated heterocycles. The maximum Gasteiger partial charge on any atom is 0.262 e. The van der Waals surface area contributed by atoms with Crippen molar-refractivity contribution in [2.45, 2.75) is 25.8 Å². The van der Waals surface area contributed by atoms with Crippen LogP contribution in [0.2, 0.25) is 0 Å². The molecule has 2 amide bonds. The lowest BCUT2D eigenvalue weighted by molar-refractivity contribution is -0.111. The van der Waals surface area contributed by atoms with Gasteiger partial charge in [-0.3, -0.25) is 14.5 Å². The first-order valence-electron chi connectivity index (χ1n) is 5.63. The van der Waals surface area contributed by atoms with Gasteiger partial charge in [-0.1, -0.05) is 25.5 Å². The van der Waals surface area contributed by atoms with Gasteiger partial charge in [0, 0.05) is 0 Å². The zero-order valence-corrected chi connectivity index (χ0v) is 9.55. The fourth-order valence-electron chi connectivity index (χ4n) is 2.06. The van der Waals surface area contributed by atoms with Crippen molar-refractivity contribution < 1.29 is 14.4 Å². The minimum atomic E-state index is -0.646. The Morgan fingerprint density at radius 1 is 1.18 bits per heavy atom. The molecule has 2 rings (SSSR count). The quantitative estimate of drug-likeness (QED) is 0.584. The summed E-state index contributed by atoms with van der Waals surface area (Å²) in [6, 6.07) is 6.01. The van der Waals surface area contributed by atoms with Gasteiger partial charge in [-0.25, -0.2) is 0 Å². The largest absolute Gasteiger partial charge is 0.301 e. The lowest BCUT2D eigenvalue weighted by atomic mass is 10.1. The van der Waals surface area contributed by atoms with E-state index in [1.54, 1.807) is 24.3 Å². The van der Waals surface area contributed by atoms with E-state index < -0.39 is 6.04 Å². The monoisotopic (exact) mass is 231 g/mol. The molecule has 1 heterocycles. The van der Waals surface area contributed by atoms with Crippen LogP contribution in [0.5, 0.6) is 0 Å². The van der Waals surface area contributed by atoms with E-state index in [9.17, 15) is 14.4 Å². The van der Waals surface area contributed by atoms with E-state index in [1.807, 2.05) is 6.92 Å². The van der Waals surface area contributed by atoms with Crippen molar-refractivity contribution in [3.8, 4) is 0 Å². The fourth-order valence-corrected chi connectivity index (χ4v) is 2.06. The summed E-state index contributed by atoms with van der Waals surface area (Å²) in [5, 5.41) is 0. The number of carbonyl (C=O) groups excluding carboxylic acids is 3. The van der Waals surface area contributed by atoms with Crippen LogP contribution in [-0.2, 0) is 4.79 Å². The number of hydrogen-bond acceptors (Lipinski definition) is 3. The summed E-state index contributed by atoms with van der Waals surface area (Å²) in [6.45, 7) is 1.91. The highest BCUT2D eigenvalue weighted by molar-refractivity contribution is 6.22. The molecule has 1 atom stereocenters. The first kappa shape index (κ1) is 11.5. The molecule has 1 aromatic carbocycles. The molecule has 0 aromatic heterocycles. The van der Waals surface area contributed by atoms with Gasteiger partial charge in [0.1, 0.15) is 6.29 Å². The van der Waals surface area contributed by atoms with Crippen LogP contribution >= 0.6 is 0 Å². The molecule has 1 aliphatic rings. The molecule has 17 heavy (non-hydrogen) atoms. The smallest absolute Gasteiger partial charge is 0.262 e. The number of rotatable bonds is 4. The van der Waals surface area contributed by atoms with Crippen molar-refractivity contribution in [1.29, 1.82) is 0 Å². The molecule has 0 bridgehead atoms. The van der Waals surface area contributed by atoms with Crippen molar-refractivity contribution in [1.82, 2.24) is 4.90 Å². The Hall–Kier alpha value is -1.97. The minimum Gasteiger partial charge on any atom is -0.301 e. The van der Waals surface area contributed by atoms with Crippen LogP contribution in [0.3, 0.4) is 0 Å². The summed E-state index contributed by atoms with van der Waals surface area (Å²) < 4.78 is 0. The van der Waals surface area contributed by atoms with Gasteiger partial charge in [0.05, 0.1) is 17.2 Å². The van der Waals surface area contributed by atoms with Crippen molar-refractivity contribution in [2.24, 2.45) is 0 Å². The predicted molar refractivity (Wildman–Crippen MR) is 61.7 cm³/mol. The van der Waals surface area contributed by atoms with E-state index >= 15 is 0 Å². The van der Waals surface area contributed by atoms with Crippen molar-refractivity contribution in [2.75, 3.05) is 0 Å². The van der Waals surface area contributed by atoms with Gasteiger partial charge in [-0.2, -0.15) is 0 Å². The summed E-state index contributed by atoms with van der Waals surface area (Å²) in [7, 11) is 0. The van der Waals surface area contributed by atoms with Gasteiger partial charge in [0.15, 0.2) is 0 Å². The van der Waals surface area contributed by atoms with Gasteiger partial charge < -0.3 is 4.79 Å². The van der Waals surface area contributed by atoms with E-state index in [0.717, 1.165) is 11.3 Å². The highest BCUT2D eigenvalue weighted by atomic mass is 16.2. The van der Waals surface area contributed by atoms with Crippen LogP contribution in [0.4, 0.5) is 0 Å². The van der Waals surface area contributed by atoms with Crippen molar-refractivity contribution >= 4 is 18.1 Å². The SMILES string of the molecule is CCC[C@@H](C=O)N1C(=O)c2ccccc2C1=O.